The number of nitrogens with zero attached hydrogens (tertiary/aromatic N) is 1. The van der Waals surface area contributed by atoms with Crippen LogP contribution in [-0.4, -0.2) is 29.8 Å². The topological polar surface area (TPSA) is 49.4 Å². The summed E-state index contributed by atoms with van der Waals surface area (Å²) >= 11 is 0. The van der Waals surface area contributed by atoms with Crippen LogP contribution in [0.3, 0.4) is 0 Å². The number of amides is 2. The van der Waals surface area contributed by atoms with E-state index in [9.17, 15) is 9.59 Å². The van der Waals surface area contributed by atoms with Crippen LogP contribution in [0.2, 0.25) is 0 Å². The maximum Gasteiger partial charge on any atom is 0.224 e. The fourth-order valence-corrected chi connectivity index (χ4v) is 3.15. The zero-order valence-corrected chi connectivity index (χ0v) is 14.5. The van der Waals surface area contributed by atoms with Gasteiger partial charge < -0.3 is 10.2 Å². The first kappa shape index (κ1) is 17.5. The highest BCUT2D eigenvalue weighted by atomic mass is 16.2. The number of nitrogens with one attached hydrogen (secondary N) is 1. The van der Waals surface area contributed by atoms with Crippen molar-refractivity contribution in [1.29, 1.82) is 0 Å². The summed E-state index contributed by atoms with van der Waals surface area (Å²) < 4.78 is 0. The van der Waals surface area contributed by atoms with Crippen molar-refractivity contribution in [2.45, 2.75) is 58.5 Å². The fourth-order valence-electron chi connectivity index (χ4n) is 3.15. The van der Waals surface area contributed by atoms with Crippen LogP contribution in [0.4, 0.5) is 0 Å². The zero-order valence-electron chi connectivity index (χ0n) is 14.5. The van der Waals surface area contributed by atoms with Gasteiger partial charge >= 0.3 is 0 Å². The molecule has 0 spiro atoms. The molecular weight excluding hydrogens is 288 g/mol. The number of hydrogen-bond donors (Lipinski definition) is 1. The fraction of sp³-hybridized carbons (Fsp3) is 0.579. The summed E-state index contributed by atoms with van der Waals surface area (Å²) in [5.74, 6) is 0.328. The molecule has 0 bridgehead atoms. The molecule has 1 atom stereocenters. The molecule has 4 heteroatoms. The first-order valence-electron chi connectivity index (χ1n) is 8.56. The van der Waals surface area contributed by atoms with Crippen molar-refractivity contribution in [3.63, 3.8) is 0 Å². The van der Waals surface area contributed by atoms with Gasteiger partial charge in [0.05, 0.1) is 0 Å². The molecule has 23 heavy (non-hydrogen) atoms. The lowest BCUT2D eigenvalue weighted by atomic mass is 10.1. The molecule has 1 N–H and O–H groups in total. The third kappa shape index (κ3) is 5.08. The number of benzene rings is 1. The van der Waals surface area contributed by atoms with Crippen molar-refractivity contribution < 1.29 is 9.59 Å². The summed E-state index contributed by atoms with van der Waals surface area (Å²) in [5.41, 5.74) is 2.35. The van der Waals surface area contributed by atoms with Gasteiger partial charge in [0, 0.05) is 32.0 Å². The van der Waals surface area contributed by atoms with Gasteiger partial charge in [-0.15, -0.1) is 0 Å². The van der Waals surface area contributed by atoms with Crippen molar-refractivity contribution in [1.82, 2.24) is 10.2 Å². The molecule has 1 aromatic carbocycles. The van der Waals surface area contributed by atoms with Crippen LogP contribution in [0.25, 0.3) is 0 Å². The number of hydrogen-bond acceptors (Lipinski definition) is 2. The van der Waals surface area contributed by atoms with Gasteiger partial charge in [-0.1, -0.05) is 37.1 Å². The van der Waals surface area contributed by atoms with E-state index >= 15 is 0 Å². The van der Waals surface area contributed by atoms with Gasteiger partial charge in [0.25, 0.3) is 0 Å². The number of carbonyl (C=O) groups is 2. The molecule has 4 nitrogen and oxygen atoms in total. The van der Waals surface area contributed by atoms with E-state index in [2.05, 4.69) is 18.3 Å². The maximum absolute atomic E-state index is 12.3. The lowest BCUT2D eigenvalue weighted by molar-refractivity contribution is -0.131. The Morgan fingerprint density at radius 2 is 1.91 bits per heavy atom. The molecule has 1 aliphatic carbocycles. The average molecular weight is 316 g/mol. The smallest absolute Gasteiger partial charge is 0.224 e. The minimum Gasteiger partial charge on any atom is -0.353 e. The van der Waals surface area contributed by atoms with Crippen LogP contribution in [0.1, 0.15) is 50.2 Å². The van der Waals surface area contributed by atoms with Crippen LogP contribution in [0, 0.1) is 12.8 Å². The maximum atomic E-state index is 12.3. The average Bonchev–Trinajstić information content (AvgIpc) is 3.03. The van der Waals surface area contributed by atoms with Crippen LogP contribution in [0.15, 0.2) is 24.3 Å². The van der Waals surface area contributed by atoms with Crippen molar-refractivity contribution in [3.05, 3.63) is 35.4 Å². The number of aryl methyl sites for hydroxylation is 1. The summed E-state index contributed by atoms with van der Waals surface area (Å²) in [6.07, 6.45) is 4.61. The predicted octanol–water partition coefficient (Wildman–Crippen LogP) is 3.04. The van der Waals surface area contributed by atoms with Crippen molar-refractivity contribution >= 4 is 11.8 Å². The second kappa shape index (κ2) is 8.14. The lowest BCUT2D eigenvalue weighted by Gasteiger charge is -2.22. The Hall–Kier alpha value is -1.84. The Morgan fingerprint density at radius 1 is 1.26 bits per heavy atom. The molecule has 1 fully saturated rings. The van der Waals surface area contributed by atoms with E-state index < -0.39 is 0 Å². The van der Waals surface area contributed by atoms with Gasteiger partial charge in [0.2, 0.25) is 11.8 Å². The highest BCUT2D eigenvalue weighted by molar-refractivity contribution is 5.81. The van der Waals surface area contributed by atoms with Crippen molar-refractivity contribution in [2.24, 2.45) is 5.92 Å². The van der Waals surface area contributed by atoms with E-state index in [-0.39, 0.29) is 23.8 Å². The van der Waals surface area contributed by atoms with E-state index in [0.717, 1.165) is 31.2 Å². The quantitative estimate of drug-likeness (QED) is 0.877. The van der Waals surface area contributed by atoms with Crippen LogP contribution in [0.5, 0.6) is 0 Å². The Labute approximate surface area is 139 Å². The monoisotopic (exact) mass is 316 g/mol. The van der Waals surface area contributed by atoms with Gasteiger partial charge in [-0.25, -0.2) is 0 Å². The highest BCUT2D eigenvalue weighted by Crippen LogP contribution is 2.24. The summed E-state index contributed by atoms with van der Waals surface area (Å²) in [6.45, 7) is 4.57. The molecule has 0 radical (unpaired) electrons. The van der Waals surface area contributed by atoms with Gasteiger partial charge in [-0.05, 0) is 37.8 Å². The molecular formula is C19H28N2O2. The van der Waals surface area contributed by atoms with Crippen LogP contribution in [-0.2, 0) is 16.1 Å². The molecule has 2 amide bonds. The lowest BCUT2D eigenvalue weighted by Crippen LogP contribution is -2.40. The molecule has 0 aromatic heterocycles. The van der Waals surface area contributed by atoms with Gasteiger partial charge in [0.15, 0.2) is 0 Å². The summed E-state index contributed by atoms with van der Waals surface area (Å²) in [4.78, 5) is 26.2. The van der Waals surface area contributed by atoms with E-state index in [1.807, 2.05) is 32.2 Å². The second-order valence-electron chi connectivity index (χ2n) is 6.77. The molecule has 2 rings (SSSR count). The Balaban J connectivity index is 1.80. The van der Waals surface area contributed by atoms with E-state index in [0.29, 0.717) is 13.0 Å². The predicted molar refractivity (Wildman–Crippen MR) is 91.8 cm³/mol. The first-order valence-corrected chi connectivity index (χ1v) is 8.56. The minimum absolute atomic E-state index is 0.0625. The van der Waals surface area contributed by atoms with Crippen molar-refractivity contribution in [2.75, 3.05) is 7.05 Å². The van der Waals surface area contributed by atoms with Crippen molar-refractivity contribution in [3.8, 4) is 0 Å². The third-order valence-electron chi connectivity index (χ3n) is 4.69. The van der Waals surface area contributed by atoms with E-state index in [1.54, 1.807) is 4.90 Å². The summed E-state index contributed by atoms with van der Waals surface area (Å²) in [6, 6.07) is 7.98. The van der Waals surface area contributed by atoms with Gasteiger partial charge in [-0.2, -0.15) is 0 Å². The largest absolute Gasteiger partial charge is 0.353 e. The van der Waals surface area contributed by atoms with Crippen LogP contribution >= 0.6 is 0 Å². The molecule has 1 aliphatic rings. The number of carbonyl (C=O) groups excluding carboxylic acids is 2. The van der Waals surface area contributed by atoms with Gasteiger partial charge in [-0.3, -0.25) is 9.59 Å². The highest BCUT2D eigenvalue weighted by Gasteiger charge is 2.24. The SMILES string of the molecule is Cc1ccccc1CN(C)C(=O)C[C@H](C)NC(=O)C1CCCC1. The third-order valence-corrected chi connectivity index (χ3v) is 4.69. The molecule has 0 aliphatic heterocycles. The zero-order chi connectivity index (χ0) is 16.8. The van der Waals surface area contributed by atoms with E-state index in [4.69, 9.17) is 0 Å². The summed E-state index contributed by atoms with van der Waals surface area (Å²) in [5, 5.41) is 3.00. The molecule has 0 unspecified atom stereocenters. The first-order chi connectivity index (χ1) is 11.0. The standard InChI is InChI=1S/C19H28N2O2/c1-14-8-4-5-11-17(14)13-21(3)18(22)12-15(2)20-19(23)16-9-6-7-10-16/h4-5,8,11,15-16H,6-7,9-10,12-13H2,1-3H3,(H,20,23)/t15-/m0/s1. The Kier molecular flexibility index (Phi) is 6.20. The second-order valence-corrected chi connectivity index (χ2v) is 6.77. The normalized spacial score (nSPS) is 16.1. The molecule has 126 valence electrons. The minimum atomic E-state index is -0.116. The van der Waals surface area contributed by atoms with Crippen LogP contribution < -0.4 is 5.32 Å². The number of rotatable bonds is 6. The molecule has 1 saturated carbocycles. The molecule has 1 aromatic rings. The Morgan fingerprint density at radius 3 is 2.57 bits per heavy atom. The summed E-state index contributed by atoms with van der Waals surface area (Å²) in [7, 11) is 1.82. The van der Waals surface area contributed by atoms with E-state index in [1.165, 1.54) is 5.56 Å². The molecule has 0 saturated heterocycles. The van der Waals surface area contributed by atoms with Gasteiger partial charge in [0.1, 0.15) is 0 Å². The Bertz CT molecular complexity index is 550. The molecule has 0 heterocycles.